The predicted molar refractivity (Wildman–Crippen MR) is 83.5 cm³/mol. The molecule has 0 amide bonds. The molecule has 5 heteroatoms. The fraction of sp³-hybridized carbons (Fsp3) is 0.375. The van der Waals surface area contributed by atoms with E-state index in [1.807, 2.05) is 49.9 Å². The molecule has 1 aromatic heterocycles. The van der Waals surface area contributed by atoms with Gasteiger partial charge in [-0.1, -0.05) is 25.1 Å². The van der Waals surface area contributed by atoms with E-state index in [0.29, 0.717) is 30.2 Å². The van der Waals surface area contributed by atoms with Gasteiger partial charge in [-0.3, -0.25) is 0 Å². The molecule has 2 N–H and O–H groups in total. The third-order valence-electron chi connectivity index (χ3n) is 3.47. The van der Waals surface area contributed by atoms with Crippen molar-refractivity contribution in [2.24, 2.45) is 0 Å². The smallest absolute Gasteiger partial charge is 0.187 e. The van der Waals surface area contributed by atoms with E-state index >= 15 is 0 Å². The Kier molecular flexibility index (Phi) is 4.73. The van der Waals surface area contributed by atoms with E-state index in [1.54, 1.807) is 0 Å². The molecule has 0 fully saturated rings. The first kappa shape index (κ1) is 15.2. The van der Waals surface area contributed by atoms with E-state index in [9.17, 15) is 4.39 Å². The molecule has 1 heterocycles. The number of aromatic nitrogens is 2. The maximum absolute atomic E-state index is 14.5. The standard InChI is InChI=1S/C16H21FN4/c1-4-14-15(17)16(20-10-19-14)21(11(2)3)9-12-7-5-6-8-13(12)18/h5-8,10-11H,4,9,18H2,1-3H3. The van der Waals surface area contributed by atoms with E-state index in [0.717, 1.165) is 5.56 Å². The number of aryl methyl sites for hydroxylation is 1. The molecule has 0 unspecified atom stereocenters. The maximum Gasteiger partial charge on any atom is 0.187 e. The van der Waals surface area contributed by atoms with Gasteiger partial charge in [-0.15, -0.1) is 0 Å². The fourth-order valence-electron chi connectivity index (χ4n) is 2.21. The van der Waals surface area contributed by atoms with E-state index < -0.39 is 0 Å². The lowest BCUT2D eigenvalue weighted by Crippen LogP contribution is -2.32. The molecule has 0 spiro atoms. The van der Waals surface area contributed by atoms with Crippen molar-refractivity contribution in [2.75, 3.05) is 10.6 Å². The van der Waals surface area contributed by atoms with Crippen LogP contribution in [0.1, 0.15) is 32.0 Å². The summed E-state index contributed by atoms with van der Waals surface area (Å²) < 4.78 is 14.5. The highest BCUT2D eigenvalue weighted by atomic mass is 19.1. The van der Waals surface area contributed by atoms with Gasteiger partial charge in [-0.2, -0.15) is 0 Å². The average molecular weight is 288 g/mol. The van der Waals surface area contributed by atoms with Crippen LogP contribution in [0.2, 0.25) is 0 Å². The molecule has 0 aliphatic carbocycles. The lowest BCUT2D eigenvalue weighted by molar-refractivity contribution is 0.567. The Morgan fingerprint density at radius 2 is 1.95 bits per heavy atom. The minimum Gasteiger partial charge on any atom is -0.398 e. The minimum absolute atomic E-state index is 0.0960. The number of benzene rings is 1. The first-order valence-electron chi connectivity index (χ1n) is 7.14. The summed E-state index contributed by atoms with van der Waals surface area (Å²) in [5, 5.41) is 0. The molecule has 0 saturated carbocycles. The molecule has 0 saturated heterocycles. The number of nitrogens with two attached hydrogens (primary N) is 1. The van der Waals surface area contributed by atoms with Crippen LogP contribution < -0.4 is 10.6 Å². The molecule has 112 valence electrons. The van der Waals surface area contributed by atoms with E-state index in [4.69, 9.17) is 5.73 Å². The molecule has 0 aliphatic rings. The summed E-state index contributed by atoms with van der Waals surface area (Å²) in [6.45, 7) is 6.41. The Bertz CT molecular complexity index is 613. The SMILES string of the molecule is CCc1ncnc(N(Cc2ccccc2N)C(C)C)c1F. The number of rotatable bonds is 5. The van der Waals surface area contributed by atoms with Crippen LogP contribution in [-0.2, 0) is 13.0 Å². The van der Waals surface area contributed by atoms with Crippen LogP contribution in [0.25, 0.3) is 0 Å². The zero-order valence-electron chi connectivity index (χ0n) is 12.7. The highest BCUT2D eigenvalue weighted by Gasteiger charge is 2.20. The number of hydrogen-bond donors (Lipinski definition) is 1. The quantitative estimate of drug-likeness (QED) is 0.859. The van der Waals surface area contributed by atoms with E-state index in [-0.39, 0.29) is 11.9 Å². The van der Waals surface area contributed by atoms with E-state index in [2.05, 4.69) is 9.97 Å². The monoisotopic (exact) mass is 288 g/mol. The van der Waals surface area contributed by atoms with Gasteiger partial charge in [-0.25, -0.2) is 14.4 Å². The molecule has 2 rings (SSSR count). The number of hydrogen-bond acceptors (Lipinski definition) is 4. The number of nitrogens with zero attached hydrogens (tertiary/aromatic N) is 3. The Morgan fingerprint density at radius 1 is 1.24 bits per heavy atom. The third kappa shape index (κ3) is 3.29. The molecular formula is C16H21FN4. The molecular weight excluding hydrogens is 267 g/mol. The van der Waals surface area contributed by atoms with Gasteiger partial charge < -0.3 is 10.6 Å². The number of anilines is 2. The van der Waals surface area contributed by atoms with E-state index in [1.165, 1.54) is 6.33 Å². The molecule has 0 aliphatic heterocycles. The summed E-state index contributed by atoms with van der Waals surface area (Å²) in [6, 6.07) is 7.71. The Balaban J connectivity index is 2.39. The molecule has 1 aromatic carbocycles. The van der Waals surface area contributed by atoms with Crippen LogP contribution in [0.3, 0.4) is 0 Å². The van der Waals surface area contributed by atoms with Gasteiger partial charge in [0, 0.05) is 18.3 Å². The summed E-state index contributed by atoms with van der Waals surface area (Å²) in [7, 11) is 0. The van der Waals surface area contributed by atoms with Gasteiger partial charge in [0.15, 0.2) is 11.6 Å². The van der Waals surface area contributed by atoms with Gasteiger partial charge in [0.1, 0.15) is 6.33 Å². The topological polar surface area (TPSA) is 55.0 Å². The number of halogens is 1. The second-order valence-electron chi connectivity index (χ2n) is 5.23. The largest absolute Gasteiger partial charge is 0.398 e. The summed E-state index contributed by atoms with van der Waals surface area (Å²) in [6.07, 6.45) is 1.96. The van der Waals surface area contributed by atoms with Crippen molar-refractivity contribution in [3.63, 3.8) is 0 Å². The number of para-hydroxylation sites is 1. The van der Waals surface area contributed by atoms with Crippen LogP contribution in [0.4, 0.5) is 15.9 Å². The average Bonchev–Trinajstić information content (AvgIpc) is 2.47. The van der Waals surface area contributed by atoms with Gasteiger partial charge >= 0.3 is 0 Å². The Morgan fingerprint density at radius 3 is 2.57 bits per heavy atom. The second kappa shape index (κ2) is 6.52. The van der Waals surface area contributed by atoms with Crippen molar-refractivity contribution >= 4 is 11.5 Å². The Hall–Kier alpha value is -2.17. The molecule has 0 bridgehead atoms. The van der Waals surface area contributed by atoms with Crippen molar-refractivity contribution in [1.82, 2.24) is 9.97 Å². The fourth-order valence-corrected chi connectivity index (χ4v) is 2.21. The normalized spacial score (nSPS) is 10.9. The van der Waals surface area contributed by atoms with Gasteiger partial charge in [0.05, 0.1) is 5.69 Å². The van der Waals surface area contributed by atoms with Gasteiger partial charge in [0.25, 0.3) is 0 Å². The van der Waals surface area contributed by atoms with Crippen LogP contribution in [-0.4, -0.2) is 16.0 Å². The summed E-state index contributed by atoms with van der Waals surface area (Å²) >= 11 is 0. The molecule has 0 radical (unpaired) electrons. The van der Waals surface area contributed by atoms with Crippen LogP contribution in [0, 0.1) is 5.82 Å². The van der Waals surface area contributed by atoms with Crippen molar-refractivity contribution in [3.05, 3.63) is 47.7 Å². The molecule has 21 heavy (non-hydrogen) atoms. The molecule has 2 aromatic rings. The second-order valence-corrected chi connectivity index (χ2v) is 5.23. The van der Waals surface area contributed by atoms with Gasteiger partial charge in [-0.05, 0) is 31.9 Å². The lowest BCUT2D eigenvalue weighted by atomic mass is 10.1. The zero-order valence-corrected chi connectivity index (χ0v) is 12.7. The Labute approximate surface area is 124 Å². The third-order valence-corrected chi connectivity index (χ3v) is 3.47. The number of nitrogen functional groups attached to an aromatic ring is 1. The summed E-state index contributed by atoms with van der Waals surface area (Å²) in [5.41, 5.74) is 8.09. The zero-order chi connectivity index (χ0) is 15.4. The highest BCUT2D eigenvalue weighted by Crippen LogP contribution is 2.24. The lowest BCUT2D eigenvalue weighted by Gasteiger charge is -2.29. The van der Waals surface area contributed by atoms with Crippen LogP contribution in [0.15, 0.2) is 30.6 Å². The minimum atomic E-state index is -0.344. The maximum atomic E-state index is 14.5. The van der Waals surface area contributed by atoms with Crippen LogP contribution >= 0.6 is 0 Å². The van der Waals surface area contributed by atoms with Crippen molar-refractivity contribution in [1.29, 1.82) is 0 Å². The summed E-state index contributed by atoms with van der Waals surface area (Å²) in [4.78, 5) is 10.0. The van der Waals surface area contributed by atoms with Crippen molar-refractivity contribution in [3.8, 4) is 0 Å². The molecule has 0 atom stereocenters. The van der Waals surface area contributed by atoms with Crippen molar-refractivity contribution in [2.45, 2.75) is 39.8 Å². The highest BCUT2D eigenvalue weighted by molar-refractivity contribution is 5.50. The first-order chi connectivity index (χ1) is 10.0. The van der Waals surface area contributed by atoms with Gasteiger partial charge in [0.2, 0.25) is 0 Å². The summed E-state index contributed by atoms with van der Waals surface area (Å²) in [5.74, 6) is -0.0108. The van der Waals surface area contributed by atoms with Crippen LogP contribution in [0.5, 0.6) is 0 Å². The first-order valence-corrected chi connectivity index (χ1v) is 7.14. The molecule has 4 nitrogen and oxygen atoms in total. The predicted octanol–water partition coefficient (Wildman–Crippen LogP) is 3.18. The van der Waals surface area contributed by atoms with Crippen molar-refractivity contribution < 1.29 is 4.39 Å².